The fraction of sp³-hybridized carbons (Fsp3) is 0.400. The third-order valence-corrected chi connectivity index (χ3v) is 2.42. The largest absolute Gasteiger partial charge is 0.324 e. The molecule has 0 radical (unpaired) electrons. The molecule has 1 unspecified atom stereocenters. The van der Waals surface area contributed by atoms with Crippen molar-refractivity contribution >= 4 is 24.0 Å². The summed E-state index contributed by atoms with van der Waals surface area (Å²) in [4.78, 5) is 0. The molecule has 0 spiro atoms. The number of halogens is 1. The van der Waals surface area contributed by atoms with Crippen LogP contribution in [0.5, 0.6) is 0 Å². The van der Waals surface area contributed by atoms with E-state index < -0.39 is 0 Å². The molecule has 1 aliphatic carbocycles. The minimum absolute atomic E-state index is 0. The van der Waals surface area contributed by atoms with Crippen molar-refractivity contribution in [2.45, 2.75) is 25.3 Å². The van der Waals surface area contributed by atoms with Gasteiger partial charge in [0.15, 0.2) is 0 Å². The van der Waals surface area contributed by atoms with Gasteiger partial charge >= 0.3 is 0 Å². The molecule has 12 heavy (non-hydrogen) atoms. The Hall–Kier alpha value is -0.0900. The smallest absolute Gasteiger partial charge is 0.0297 e. The second-order valence-corrected chi connectivity index (χ2v) is 3.20. The van der Waals surface area contributed by atoms with Gasteiger partial charge in [0.25, 0.3) is 0 Å². The van der Waals surface area contributed by atoms with E-state index in [1.807, 2.05) is 0 Å². The van der Waals surface area contributed by atoms with E-state index in [4.69, 9.17) is 5.73 Å². The molecule has 2 N–H and O–H groups in total. The predicted molar refractivity (Wildman–Crippen MR) is 61.7 cm³/mol. The maximum Gasteiger partial charge on any atom is 0.0297 e. The normalized spacial score (nSPS) is 20.9. The lowest BCUT2D eigenvalue weighted by Gasteiger charge is -2.21. The second kappa shape index (κ2) is 4.23. The summed E-state index contributed by atoms with van der Waals surface area (Å²) in [6.07, 6.45) is 3.61. The van der Waals surface area contributed by atoms with E-state index in [0.717, 1.165) is 6.42 Å². The topological polar surface area (TPSA) is 26.0 Å². The lowest BCUT2D eigenvalue weighted by molar-refractivity contribution is 0.570. The molecule has 66 valence electrons. The fourth-order valence-corrected chi connectivity index (χ4v) is 1.79. The first kappa shape index (κ1) is 9.99. The van der Waals surface area contributed by atoms with Gasteiger partial charge in [-0.2, -0.15) is 0 Å². The van der Waals surface area contributed by atoms with Crippen molar-refractivity contribution in [3.05, 3.63) is 35.4 Å². The predicted octanol–water partition coefficient (Wildman–Crippen LogP) is 2.64. The van der Waals surface area contributed by atoms with E-state index in [9.17, 15) is 0 Å². The maximum atomic E-state index is 5.95. The van der Waals surface area contributed by atoms with Gasteiger partial charge in [0.1, 0.15) is 0 Å². The Balaban J connectivity index is 0.000000720. The zero-order valence-electron chi connectivity index (χ0n) is 6.99. The van der Waals surface area contributed by atoms with Crippen molar-refractivity contribution < 1.29 is 0 Å². The van der Waals surface area contributed by atoms with Crippen LogP contribution in [0.25, 0.3) is 0 Å². The minimum Gasteiger partial charge on any atom is -0.324 e. The molecular weight excluding hydrogens is 261 g/mol. The van der Waals surface area contributed by atoms with Crippen molar-refractivity contribution in [2.75, 3.05) is 0 Å². The first-order chi connectivity index (χ1) is 5.38. The highest BCUT2D eigenvalue weighted by Crippen LogP contribution is 2.26. The van der Waals surface area contributed by atoms with Gasteiger partial charge in [0, 0.05) is 6.04 Å². The zero-order valence-corrected chi connectivity index (χ0v) is 9.32. The van der Waals surface area contributed by atoms with E-state index in [1.165, 1.54) is 24.0 Å². The van der Waals surface area contributed by atoms with Gasteiger partial charge in [-0.05, 0) is 30.4 Å². The van der Waals surface area contributed by atoms with Gasteiger partial charge < -0.3 is 5.73 Å². The number of nitrogens with two attached hydrogens (primary N) is 1. The average Bonchev–Trinajstić information content (AvgIpc) is 2.06. The van der Waals surface area contributed by atoms with Gasteiger partial charge in [-0.25, -0.2) is 0 Å². The van der Waals surface area contributed by atoms with Crippen LogP contribution in [0, 0.1) is 0 Å². The quantitative estimate of drug-likeness (QED) is 0.724. The molecule has 0 saturated carbocycles. The summed E-state index contributed by atoms with van der Waals surface area (Å²) in [5.41, 5.74) is 8.76. The number of benzene rings is 1. The van der Waals surface area contributed by atoms with Gasteiger partial charge in [-0.3, -0.25) is 0 Å². The minimum atomic E-state index is 0. The van der Waals surface area contributed by atoms with Gasteiger partial charge in [-0.15, -0.1) is 24.0 Å². The average molecular weight is 275 g/mol. The van der Waals surface area contributed by atoms with Crippen LogP contribution in [-0.4, -0.2) is 0 Å². The Labute approximate surface area is 90.4 Å². The van der Waals surface area contributed by atoms with Crippen LogP contribution in [0.2, 0.25) is 0 Å². The summed E-state index contributed by atoms with van der Waals surface area (Å²) in [6.45, 7) is 0. The van der Waals surface area contributed by atoms with Crippen molar-refractivity contribution in [1.82, 2.24) is 0 Å². The Morgan fingerprint density at radius 2 is 2.00 bits per heavy atom. The second-order valence-electron chi connectivity index (χ2n) is 3.20. The molecule has 2 rings (SSSR count). The summed E-state index contributed by atoms with van der Waals surface area (Å²) >= 11 is 0. The molecule has 1 aliphatic rings. The van der Waals surface area contributed by atoms with Crippen LogP contribution in [0.1, 0.15) is 30.0 Å². The van der Waals surface area contributed by atoms with Gasteiger partial charge in [-0.1, -0.05) is 24.3 Å². The first-order valence-electron chi connectivity index (χ1n) is 4.21. The molecule has 1 atom stereocenters. The molecule has 1 aromatic rings. The third-order valence-electron chi connectivity index (χ3n) is 2.42. The van der Waals surface area contributed by atoms with Crippen LogP contribution in [0.15, 0.2) is 24.3 Å². The fourth-order valence-electron chi connectivity index (χ4n) is 1.79. The molecule has 0 aliphatic heterocycles. The number of fused-ring (bicyclic) bond motifs is 1. The highest BCUT2D eigenvalue weighted by atomic mass is 127. The van der Waals surface area contributed by atoms with Crippen molar-refractivity contribution in [3.63, 3.8) is 0 Å². The van der Waals surface area contributed by atoms with Crippen LogP contribution in [0.4, 0.5) is 0 Å². The summed E-state index contributed by atoms with van der Waals surface area (Å²) in [6, 6.07) is 8.80. The van der Waals surface area contributed by atoms with Gasteiger partial charge in [0.05, 0.1) is 0 Å². The molecule has 0 fully saturated rings. The van der Waals surface area contributed by atoms with E-state index in [0.29, 0.717) is 6.04 Å². The molecule has 2 heteroatoms. The highest BCUT2D eigenvalue weighted by Gasteiger charge is 2.14. The summed E-state index contributed by atoms with van der Waals surface area (Å²) in [5, 5.41) is 0. The zero-order chi connectivity index (χ0) is 7.68. The Morgan fingerprint density at radius 1 is 1.25 bits per heavy atom. The first-order valence-corrected chi connectivity index (χ1v) is 4.21. The summed E-state index contributed by atoms with van der Waals surface area (Å²) in [7, 11) is 0. The van der Waals surface area contributed by atoms with Crippen LogP contribution >= 0.6 is 24.0 Å². The SMILES string of the molecule is I.NC1CCCc2ccccc21. The molecule has 0 amide bonds. The lowest BCUT2D eigenvalue weighted by Crippen LogP contribution is -2.16. The molecule has 0 heterocycles. The number of aryl methyl sites for hydroxylation is 1. The molecule has 0 saturated heterocycles. The number of hydrogen-bond donors (Lipinski definition) is 1. The molecule has 0 bridgehead atoms. The van der Waals surface area contributed by atoms with Crippen molar-refractivity contribution in [3.8, 4) is 0 Å². The number of hydrogen-bond acceptors (Lipinski definition) is 1. The Bertz CT molecular complexity index is 260. The van der Waals surface area contributed by atoms with Crippen molar-refractivity contribution in [1.29, 1.82) is 0 Å². The van der Waals surface area contributed by atoms with Crippen LogP contribution < -0.4 is 5.73 Å². The third kappa shape index (κ3) is 1.80. The van der Waals surface area contributed by atoms with Crippen LogP contribution in [0.3, 0.4) is 0 Å². The van der Waals surface area contributed by atoms with Gasteiger partial charge in [0.2, 0.25) is 0 Å². The van der Waals surface area contributed by atoms with Crippen molar-refractivity contribution in [2.24, 2.45) is 5.73 Å². The lowest BCUT2D eigenvalue weighted by atomic mass is 9.88. The Kier molecular flexibility index (Phi) is 3.53. The summed E-state index contributed by atoms with van der Waals surface area (Å²) in [5.74, 6) is 0. The maximum absolute atomic E-state index is 5.95. The van der Waals surface area contributed by atoms with E-state index in [-0.39, 0.29) is 24.0 Å². The summed E-state index contributed by atoms with van der Waals surface area (Å²) < 4.78 is 0. The van der Waals surface area contributed by atoms with Crippen LogP contribution in [-0.2, 0) is 6.42 Å². The molecule has 1 aromatic carbocycles. The van der Waals surface area contributed by atoms with E-state index in [1.54, 1.807) is 0 Å². The van der Waals surface area contributed by atoms with E-state index >= 15 is 0 Å². The monoisotopic (exact) mass is 275 g/mol. The molecular formula is C10H14IN. The highest BCUT2D eigenvalue weighted by molar-refractivity contribution is 14.0. The van der Waals surface area contributed by atoms with E-state index in [2.05, 4.69) is 24.3 Å². The standard InChI is InChI=1S/C10H13N.HI/c11-10-7-3-5-8-4-1-2-6-9(8)10;/h1-2,4,6,10H,3,5,7,11H2;1H. The molecule has 0 aromatic heterocycles. The molecule has 1 nitrogen and oxygen atoms in total. The number of rotatable bonds is 0. The Morgan fingerprint density at radius 3 is 2.75 bits per heavy atom.